The number of likely N-dealkylation sites (tertiary alicyclic amines) is 1. The third-order valence-electron chi connectivity index (χ3n) is 3.49. The molecule has 1 aromatic rings. The van der Waals surface area contributed by atoms with Gasteiger partial charge in [-0.3, -0.25) is 9.59 Å². The maximum Gasteiger partial charge on any atom is 0.335 e. The molecule has 0 bridgehead atoms. The summed E-state index contributed by atoms with van der Waals surface area (Å²) in [5.41, 5.74) is 0.551. The molecule has 2 amide bonds. The van der Waals surface area contributed by atoms with Crippen molar-refractivity contribution in [2.75, 3.05) is 19.6 Å². The van der Waals surface area contributed by atoms with Crippen LogP contribution >= 0.6 is 0 Å². The highest BCUT2D eigenvalue weighted by atomic mass is 16.4. The summed E-state index contributed by atoms with van der Waals surface area (Å²) in [5, 5.41) is 11.6. The predicted molar refractivity (Wildman–Crippen MR) is 75.9 cm³/mol. The molecule has 1 fully saturated rings. The molecule has 0 radical (unpaired) electrons. The van der Waals surface area contributed by atoms with Crippen LogP contribution in [0.5, 0.6) is 0 Å². The van der Waals surface area contributed by atoms with Gasteiger partial charge < -0.3 is 15.3 Å². The Balaban J connectivity index is 1.87. The lowest BCUT2D eigenvalue weighted by Crippen LogP contribution is -2.39. The lowest BCUT2D eigenvalue weighted by Gasteiger charge is -2.15. The summed E-state index contributed by atoms with van der Waals surface area (Å²) >= 11 is 0. The van der Waals surface area contributed by atoms with Gasteiger partial charge in [0, 0.05) is 13.1 Å². The molecule has 0 saturated carbocycles. The predicted octanol–water partition coefficient (Wildman–Crippen LogP) is 0.666. The molecule has 1 aromatic carbocycles. The van der Waals surface area contributed by atoms with E-state index in [1.807, 2.05) is 0 Å². The van der Waals surface area contributed by atoms with Crippen LogP contribution < -0.4 is 5.32 Å². The van der Waals surface area contributed by atoms with Crippen molar-refractivity contribution < 1.29 is 19.5 Å². The van der Waals surface area contributed by atoms with Gasteiger partial charge >= 0.3 is 5.97 Å². The van der Waals surface area contributed by atoms with Gasteiger partial charge in [-0.2, -0.15) is 0 Å². The topological polar surface area (TPSA) is 86.7 Å². The molecule has 1 heterocycles. The van der Waals surface area contributed by atoms with Gasteiger partial charge in [-0.05, 0) is 24.5 Å². The highest BCUT2D eigenvalue weighted by molar-refractivity contribution is 5.92. The summed E-state index contributed by atoms with van der Waals surface area (Å²) in [6.07, 6.45) is 1.97. The Kier molecular flexibility index (Phi) is 4.92. The molecule has 2 N–H and O–H groups in total. The number of carbonyl (C=O) groups excluding carboxylic acids is 2. The van der Waals surface area contributed by atoms with Gasteiger partial charge in [-0.15, -0.1) is 0 Å². The minimum absolute atomic E-state index is 0.0337. The largest absolute Gasteiger partial charge is 0.478 e. The van der Waals surface area contributed by atoms with Crippen LogP contribution in [0.15, 0.2) is 24.3 Å². The molecule has 1 saturated heterocycles. The first-order chi connectivity index (χ1) is 10.1. The Hall–Kier alpha value is -2.37. The van der Waals surface area contributed by atoms with Crippen molar-refractivity contribution in [3.63, 3.8) is 0 Å². The second kappa shape index (κ2) is 6.88. The van der Waals surface area contributed by atoms with Crippen LogP contribution in [0.1, 0.15) is 28.8 Å². The van der Waals surface area contributed by atoms with E-state index < -0.39 is 5.97 Å². The number of carboxylic acids is 1. The number of carboxylic acid groups (broad SMARTS) is 1. The molecule has 0 atom stereocenters. The van der Waals surface area contributed by atoms with Gasteiger partial charge in [0.1, 0.15) is 0 Å². The molecule has 0 spiro atoms. The molecular weight excluding hydrogens is 272 g/mol. The van der Waals surface area contributed by atoms with Crippen molar-refractivity contribution in [1.29, 1.82) is 0 Å². The van der Waals surface area contributed by atoms with Crippen LogP contribution in [0.2, 0.25) is 0 Å². The van der Waals surface area contributed by atoms with Crippen LogP contribution in [0, 0.1) is 0 Å². The molecule has 0 unspecified atom stereocenters. The molecule has 6 heteroatoms. The highest BCUT2D eigenvalue weighted by Gasteiger charge is 2.18. The minimum atomic E-state index is -1.06. The monoisotopic (exact) mass is 290 g/mol. The summed E-state index contributed by atoms with van der Waals surface area (Å²) in [7, 11) is 0. The first-order valence-corrected chi connectivity index (χ1v) is 6.93. The van der Waals surface area contributed by atoms with Gasteiger partial charge in [-0.1, -0.05) is 18.2 Å². The zero-order valence-corrected chi connectivity index (χ0v) is 11.7. The third kappa shape index (κ3) is 4.05. The van der Waals surface area contributed by atoms with Gasteiger partial charge in [0.25, 0.3) is 0 Å². The molecule has 1 aliphatic rings. The zero-order valence-electron chi connectivity index (χ0n) is 11.7. The van der Waals surface area contributed by atoms with E-state index in [-0.39, 0.29) is 30.3 Å². The van der Waals surface area contributed by atoms with Crippen molar-refractivity contribution in [2.45, 2.75) is 19.3 Å². The fourth-order valence-electron chi connectivity index (χ4n) is 2.37. The smallest absolute Gasteiger partial charge is 0.335 e. The van der Waals surface area contributed by atoms with Crippen LogP contribution in [0.3, 0.4) is 0 Å². The Labute approximate surface area is 122 Å². The fraction of sp³-hybridized carbons (Fsp3) is 0.400. The van der Waals surface area contributed by atoms with Gasteiger partial charge in [0.05, 0.1) is 18.5 Å². The molecular formula is C15H18N2O4. The first-order valence-electron chi connectivity index (χ1n) is 6.93. The number of rotatable bonds is 5. The fourth-order valence-corrected chi connectivity index (χ4v) is 2.37. The van der Waals surface area contributed by atoms with Crippen molar-refractivity contribution >= 4 is 17.8 Å². The second-order valence-electron chi connectivity index (χ2n) is 5.00. The molecule has 0 aromatic heterocycles. The van der Waals surface area contributed by atoms with Gasteiger partial charge in [-0.25, -0.2) is 4.79 Å². The number of hydrogen-bond donors (Lipinski definition) is 2. The quantitative estimate of drug-likeness (QED) is 0.834. The number of amides is 2. The number of carbonyl (C=O) groups is 3. The standard InChI is InChI=1S/C15H18N2O4/c18-13(16-10-14(19)17-7-3-4-8-17)9-11-5-1-2-6-12(11)15(20)21/h1-2,5-6H,3-4,7-10H2,(H,16,18)(H,20,21). The van der Waals surface area contributed by atoms with Crippen molar-refractivity contribution in [1.82, 2.24) is 10.2 Å². The van der Waals surface area contributed by atoms with Gasteiger partial charge in [0.15, 0.2) is 0 Å². The van der Waals surface area contributed by atoms with Crippen molar-refractivity contribution in [2.24, 2.45) is 0 Å². The van der Waals surface area contributed by atoms with E-state index in [0.717, 1.165) is 25.9 Å². The lowest BCUT2D eigenvalue weighted by atomic mass is 10.0. The Morgan fingerprint density at radius 1 is 1.14 bits per heavy atom. The maximum absolute atomic E-state index is 11.8. The molecule has 1 aliphatic heterocycles. The number of aromatic carboxylic acids is 1. The molecule has 21 heavy (non-hydrogen) atoms. The van der Waals surface area contributed by atoms with E-state index in [0.29, 0.717) is 5.56 Å². The lowest BCUT2D eigenvalue weighted by molar-refractivity contribution is -0.131. The second-order valence-corrected chi connectivity index (χ2v) is 5.00. The first kappa shape index (κ1) is 15.0. The minimum Gasteiger partial charge on any atom is -0.478 e. The third-order valence-corrected chi connectivity index (χ3v) is 3.49. The van der Waals surface area contributed by atoms with E-state index in [2.05, 4.69) is 5.32 Å². The van der Waals surface area contributed by atoms with Crippen molar-refractivity contribution in [3.05, 3.63) is 35.4 Å². The maximum atomic E-state index is 11.8. The van der Waals surface area contributed by atoms with Crippen LogP contribution in [0.25, 0.3) is 0 Å². The zero-order chi connectivity index (χ0) is 15.2. The average molecular weight is 290 g/mol. The molecule has 112 valence electrons. The normalized spacial score (nSPS) is 14.0. The Morgan fingerprint density at radius 2 is 1.81 bits per heavy atom. The van der Waals surface area contributed by atoms with E-state index >= 15 is 0 Å². The van der Waals surface area contributed by atoms with Crippen LogP contribution in [-0.4, -0.2) is 47.4 Å². The van der Waals surface area contributed by atoms with E-state index in [9.17, 15) is 14.4 Å². The number of nitrogens with one attached hydrogen (secondary N) is 1. The molecule has 6 nitrogen and oxygen atoms in total. The highest BCUT2D eigenvalue weighted by Crippen LogP contribution is 2.10. The number of nitrogens with zero attached hydrogens (tertiary/aromatic N) is 1. The SMILES string of the molecule is O=C(Cc1ccccc1C(=O)O)NCC(=O)N1CCCC1. The number of benzene rings is 1. The average Bonchev–Trinajstić information content (AvgIpc) is 2.99. The summed E-state index contributed by atoms with van der Waals surface area (Å²) < 4.78 is 0. The Bertz CT molecular complexity index is 550. The van der Waals surface area contributed by atoms with Crippen LogP contribution in [-0.2, 0) is 16.0 Å². The van der Waals surface area contributed by atoms with E-state index in [4.69, 9.17) is 5.11 Å². The van der Waals surface area contributed by atoms with E-state index in [1.165, 1.54) is 6.07 Å². The van der Waals surface area contributed by atoms with Crippen LogP contribution in [0.4, 0.5) is 0 Å². The van der Waals surface area contributed by atoms with Gasteiger partial charge in [0.2, 0.25) is 11.8 Å². The van der Waals surface area contributed by atoms with E-state index in [1.54, 1.807) is 23.1 Å². The number of hydrogen-bond acceptors (Lipinski definition) is 3. The summed E-state index contributed by atoms with van der Waals surface area (Å²) in [6, 6.07) is 6.36. The molecule has 0 aliphatic carbocycles. The Morgan fingerprint density at radius 3 is 2.48 bits per heavy atom. The summed E-state index contributed by atoms with van der Waals surface area (Å²) in [5.74, 6) is -1.50. The molecule has 2 rings (SSSR count). The van der Waals surface area contributed by atoms with Crippen molar-refractivity contribution in [3.8, 4) is 0 Å². The summed E-state index contributed by atoms with van der Waals surface area (Å²) in [4.78, 5) is 36.4. The summed E-state index contributed by atoms with van der Waals surface area (Å²) in [6.45, 7) is 1.46.